The predicted octanol–water partition coefficient (Wildman–Crippen LogP) is 6.47. The van der Waals surface area contributed by atoms with Gasteiger partial charge in [-0.3, -0.25) is 4.90 Å². The van der Waals surface area contributed by atoms with Crippen LogP contribution in [0.1, 0.15) is 56.0 Å². The van der Waals surface area contributed by atoms with E-state index in [0.29, 0.717) is 36.4 Å². The normalized spacial score (nSPS) is 45.3. The Morgan fingerprint density at radius 2 is 1.89 bits per heavy atom. The highest BCUT2D eigenvalue weighted by atomic mass is 16.6. The van der Waals surface area contributed by atoms with Gasteiger partial charge >= 0.3 is 0 Å². The van der Waals surface area contributed by atoms with Crippen molar-refractivity contribution in [3.05, 3.63) is 106 Å². The van der Waals surface area contributed by atoms with Crippen LogP contribution in [0.3, 0.4) is 0 Å². The highest BCUT2D eigenvalue weighted by molar-refractivity contribution is 5.85. The van der Waals surface area contributed by atoms with Crippen LogP contribution in [-0.2, 0) is 16.6 Å². The molecule has 2 aromatic carbocycles. The topological polar surface area (TPSA) is 54.6 Å². The van der Waals surface area contributed by atoms with Gasteiger partial charge in [0, 0.05) is 59.5 Å². The van der Waals surface area contributed by atoms with Gasteiger partial charge in [-0.1, -0.05) is 54.1 Å². The first-order chi connectivity index (χ1) is 21.6. The molecule has 6 heteroatoms. The number of hydroxylamine groups is 3. The lowest BCUT2D eigenvalue weighted by atomic mass is 9.57. The van der Waals surface area contributed by atoms with E-state index in [1.54, 1.807) is 5.57 Å². The third kappa shape index (κ3) is 2.66. The number of quaternary nitrogens is 1. The van der Waals surface area contributed by atoms with Crippen LogP contribution < -0.4 is 4.90 Å². The summed E-state index contributed by atoms with van der Waals surface area (Å²) in [6, 6.07) is 19.2. The molecule has 1 aromatic heterocycles. The Morgan fingerprint density at radius 3 is 2.77 bits per heavy atom. The van der Waals surface area contributed by atoms with Gasteiger partial charge in [-0.25, -0.2) is 0 Å². The smallest absolute Gasteiger partial charge is 0.176 e. The highest BCUT2D eigenvalue weighted by Gasteiger charge is 2.73. The molecule has 44 heavy (non-hydrogen) atoms. The second-order valence-electron chi connectivity index (χ2n) is 15.1. The van der Waals surface area contributed by atoms with Crippen molar-refractivity contribution < 1.29 is 9.38 Å². The number of hydrogen-bond donors (Lipinski definition) is 1. The molecule has 8 aliphatic heterocycles. The minimum absolute atomic E-state index is 0.0378. The van der Waals surface area contributed by atoms with E-state index in [-0.39, 0.29) is 28.4 Å². The fraction of sp³-hybridized carbons (Fsp3) is 0.474. The molecule has 9 heterocycles. The number of rotatable bonds is 1. The van der Waals surface area contributed by atoms with Crippen molar-refractivity contribution in [2.24, 2.45) is 17.8 Å². The van der Waals surface area contributed by atoms with Gasteiger partial charge < -0.3 is 24.5 Å². The number of nitrogens with one attached hydrogen (secondary N) is 1. The second-order valence-corrected chi connectivity index (χ2v) is 15.1. The Labute approximate surface area is 258 Å². The van der Waals surface area contributed by atoms with Crippen molar-refractivity contribution >= 4 is 16.6 Å². The second kappa shape index (κ2) is 8.09. The van der Waals surface area contributed by atoms with Crippen molar-refractivity contribution in [3.8, 4) is 0 Å². The first kappa shape index (κ1) is 24.9. The third-order valence-electron chi connectivity index (χ3n) is 13.9. The molecule has 1 N–H and O–H groups in total. The minimum Gasteiger partial charge on any atom is -0.632 e. The van der Waals surface area contributed by atoms with Crippen molar-refractivity contribution in [2.75, 3.05) is 24.5 Å². The lowest BCUT2D eigenvalue weighted by molar-refractivity contribution is -0.896. The summed E-state index contributed by atoms with van der Waals surface area (Å²) < 4.78 is 7.13. The Balaban J connectivity index is 1.10. The number of aromatic nitrogens is 1. The molecular formula is C38H40N4O2. The van der Waals surface area contributed by atoms with Crippen molar-refractivity contribution in [2.45, 2.75) is 75.3 Å². The summed E-state index contributed by atoms with van der Waals surface area (Å²) in [7, 11) is 0. The van der Waals surface area contributed by atoms with Gasteiger partial charge in [0.1, 0.15) is 12.6 Å². The fourth-order valence-corrected chi connectivity index (χ4v) is 12.3. The van der Waals surface area contributed by atoms with Crippen LogP contribution in [0.2, 0.25) is 0 Å². The number of allylic oxidation sites excluding steroid dienone is 2. The number of para-hydroxylation sites is 2. The Hall–Kier alpha value is -3.32. The molecule has 6 fully saturated rings. The first-order valence-electron chi connectivity index (χ1n) is 17.0. The van der Waals surface area contributed by atoms with E-state index >= 15 is 0 Å². The van der Waals surface area contributed by atoms with E-state index in [2.05, 4.69) is 95.6 Å². The average molecular weight is 585 g/mol. The molecule has 224 valence electrons. The molecule has 2 unspecified atom stereocenters. The first-order valence-corrected chi connectivity index (χ1v) is 17.0. The van der Waals surface area contributed by atoms with Crippen LogP contribution in [0.25, 0.3) is 10.9 Å². The zero-order valence-electron chi connectivity index (χ0n) is 25.6. The highest BCUT2D eigenvalue weighted by Crippen LogP contribution is 2.67. The molecule has 1 saturated carbocycles. The molecule has 0 amide bonds. The van der Waals surface area contributed by atoms with Crippen LogP contribution >= 0.6 is 0 Å². The zero-order valence-corrected chi connectivity index (χ0v) is 25.6. The number of benzene rings is 2. The number of H-pyrrole nitrogens is 1. The van der Waals surface area contributed by atoms with Gasteiger partial charge in [-0.05, 0) is 67.0 Å². The molecule has 5 saturated heterocycles. The summed E-state index contributed by atoms with van der Waals surface area (Å²) >= 11 is 0. The number of fused-ring (bicyclic) bond motifs is 8. The number of piperidine rings is 4. The lowest BCUT2D eigenvalue weighted by Gasteiger charge is -2.63. The van der Waals surface area contributed by atoms with Gasteiger partial charge in [-0.2, -0.15) is 0 Å². The molecule has 9 aliphatic rings. The van der Waals surface area contributed by atoms with E-state index < -0.39 is 0 Å². The molecule has 6 bridgehead atoms. The molecule has 1 aliphatic carbocycles. The standard InChI is InChI=1S/C38H40N4O2/c1-3-21-18-40-31-16-26-23-9-5-7-11-29(23)39-35(26)32(40)15-25(21)34(31)37-41-30-12-8-6-10-28(30)38-13-14-42(43)19-22(4-2)24(17-33(38)42)27(20-44-37)36(38)41/h3-12,20,24-25,31-34,36-37,39H,13-19H2,1-2H3/b21-3-,22-4-/t24-,25+,31+,32+,33-,34?,36+,37+,38-,42+/m1/s1. The SMILES string of the molecule is C/C=C1/C[N@@+]2([O-])CC[C@]34c5ccccc5N5[C@H]3C(=CO[C@H]5C3[C@H]5C[C@H]6c7[nH]c8ccccc8c7C[C@@H]3N6C/C5=C/C)[C@@H]1C[C@H]42. The van der Waals surface area contributed by atoms with Gasteiger partial charge in [-0.15, -0.1) is 0 Å². The number of anilines is 1. The molecule has 6 nitrogen and oxygen atoms in total. The fourth-order valence-electron chi connectivity index (χ4n) is 12.3. The monoisotopic (exact) mass is 584 g/mol. The van der Waals surface area contributed by atoms with Crippen molar-refractivity contribution in [1.82, 2.24) is 9.88 Å². The Kier molecular flexibility index (Phi) is 4.58. The minimum atomic E-state index is -0.127. The van der Waals surface area contributed by atoms with E-state index in [0.717, 1.165) is 38.8 Å². The van der Waals surface area contributed by atoms with Crippen molar-refractivity contribution in [3.63, 3.8) is 0 Å². The van der Waals surface area contributed by atoms with Gasteiger partial charge in [0.2, 0.25) is 0 Å². The number of nitrogens with zero attached hydrogens (tertiary/aromatic N) is 3. The number of ether oxygens (including phenoxy) is 1. The third-order valence-corrected chi connectivity index (χ3v) is 13.9. The van der Waals surface area contributed by atoms with Crippen LogP contribution in [0, 0.1) is 23.0 Å². The van der Waals surface area contributed by atoms with E-state index in [4.69, 9.17) is 4.74 Å². The maximum absolute atomic E-state index is 14.6. The van der Waals surface area contributed by atoms with Gasteiger partial charge in [0.15, 0.2) is 6.23 Å². The van der Waals surface area contributed by atoms with E-state index in [1.807, 2.05) is 0 Å². The summed E-state index contributed by atoms with van der Waals surface area (Å²) in [5.74, 6) is 1.16. The van der Waals surface area contributed by atoms with Crippen molar-refractivity contribution in [1.29, 1.82) is 0 Å². The predicted molar refractivity (Wildman–Crippen MR) is 172 cm³/mol. The molecule has 1 spiro atoms. The maximum atomic E-state index is 14.6. The quantitative estimate of drug-likeness (QED) is 0.203. The van der Waals surface area contributed by atoms with Gasteiger partial charge in [0.25, 0.3) is 0 Å². The van der Waals surface area contributed by atoms with Crippen LogP contribution in [0.15, 0.2) is 83.7 Å². The summed E-state index contributed by atoms with van der Waals surface area (Å²) in [6.07, 6.45) is 10.9. The van der Waals surface area contributed by atoms with Gasteiger partial charge in [0.05, 0.1) is 30.3 Å². The zero-order chi connectivity index (χ0) is 29.1. The van der Waals surface area contributed by atoms with E-state index in [1.165, 1.54) is 44.6 Å². The summed E-state index contributed by atoms with van der Waals surface area (Å²) in [5.41, 5.74) is 11.2. The van der Waals surface area contributed by atoms with Crippen LogP contribution in [0.4, 0.5) is 5.69 Å². The van der Waals surface area contributed by atoms with E-state index in [9.17, 15) is 5.21 Å². The molecular weight excluding hydrogens is 544 g/mol. The summed E-state index contributed by atoms with van der Waals surface area (Å²) in [5, 5.41) is 16.0. The maximum Gasteiger partial charge on any atom is 0.176 e. The largest absolute Gasteiger partial charge is 0.632 e. The molecule has 3 aromatic rings. The number of hydrogen-bond acceptors (Lipinski definition) is 4. The average Bonchev–Trinajstić information content (AvgIpc) is 3.70. The Bertz CT molecular complexity index is 1870. The van der Waals surface area contributed by atoms with Crippen LogP contribution in [0.5, 0.6) is 0 Å². The molecule has 12 rings (SSSR count). The summed E-state index contributed by atoms with van der Waals surface area (Å²) in [6.45, 7) is 6.80. The summed E-state index contributed by atoms with van der Waals surface area (Å²) in [4.78, 5) is 9.42. The lowest BCUT2D eigenvalue weighted by Crippen LogP contribution is -2.70. The molecule has 0 radical (unpaired) electrons. The van der Waals surface area contributed by atoms with Crippen LogP contribution in [-0.4, -0.2) is 58.5 Å². The Morgan fingerprint density at radius 1 is 1.05 bits per heavy atom. The number of aromatic amines is 1. The molecule has 11 atom stereocenters.